The molecule has 0 N–H and O–H groups in total. The van der Waals surface area contributed by atoms with E-state index in [1.807, 2.05) is 0 Å². The van der Waals surface area contributed by atoms with Gasteiger partial charge in [0.25, 0.3) is 0 Å². The molecule has 0 radical (unpaired) electrons. The average molecular weight is 1120 g/mol. The van der Waals surface area contributed by atoms with Crippen LogP contribution in [0.2, 0.25) is 0 Å². The second-order valence-electron chi connectivity index (χ2n) is 22.3. The molecule has 1 unspecified atom stereocenters. The number of unbranched alkanes of at least 4 members (excludes halogenated alkanes) is 30. The normalized spacial score (nSPS) is 12.9. The van der Waals surface area contributed by atoms with Crippen LogP contribution in [0.15, 0.2) is 122 Å². The molecule has 0 aliphatic carbocycles. The van der Waals surface area contributed by atoms with Crippen molar-refractivity contribution in [2.75, 3.05) is 13.2 Å². The maximum Gasteiger partial charge on any atom is 0.306 e. The van der Waals surface area contributed by atoms with E-state index < -0.39 is 6.10 Å². The third-order valence-corrected chi connectivity index (χ3v) is 14.4. The molecule has 0 aliphatic heterocycles. The molecule has 6 nitrogen and oxygen atoms in total. The zero-order valence-corrected chi connectivity index (χ0v) is 53.0. The quantitative estimate of drug-likeness (QED) is 0.0261. The van der Waals surface area contributed by atoms with E-state index in [1.165, 1.54) is 154 Å². The van der Waals surface area contributed by atoms with E-state index >= 15 is 0 Å². The highest BCUT2D eigenvalue weighted by molar-refractivity contribution is 5.71. The number of carbonyl (C=O) groups is 3. The molecule has 1 atom stereocenters. The average Bonchev–Trinajstić information content (AvgIpc) is 3.47. The van der Waals surface area contributed by atoms with Crippen molar-refractivity contribution in [3.8, 4) is 0 Å². The topological polar surface area (TPSA) is 78.9 Å². The maximum atomic E-state index is 12.9. The third-order valence-electron chi connectivity index (χ3n) is 14.4. The summed E-state index contributed by atoms with van der Waals surface area (Å²) in [6, 6.07) is 0. The van der Waals surface area contributed by atoms with E-state index in [1.54, 1.807) is 0 Å². The number of rotatable bonds is 61. The summed E-state index contributed by atoms with van der Waals surface area (Å²) >= 11 is 0. The molecule has 0 aromatic heterocycles. The molecular formula is C75H126O6. The van der Waals surface area contributed by atoms with Crippen molar-refractivity contribution in [2.45, 2.75) is 322 Å². The number of allylic oxidation sites excluding steroid dienone is 20. The number of esters is 3. The highest BCUT2D eigenvalue weighted by Crippen LogP contribution is 2.17. The lowest BCUT2D eigenvalue weighted by Gasteiger charge is -2.18. The fourth-order valence-corrected chi connectivity index (χ4v) is 9.41. The summed E-state index contributed by atoms with van der Waals surface area (Å²) in [6.07, 6.45) is 95.2. The predicted octanol–water partition coefficient (Wildman–Crippen LogP) is 23.6. The molecule has 0 rings (SSSR count). The monoisotopic (exact) mass is 1120 g/mol. The fraction of sp³-hybridized carbons (Fsp3) is 0.693. The van der Waals surface area contributed by atoms with Crippen LogP contribution in [0, 0.1) is 0 Å². The van der Waals surface area contributed by atoms with Crippen LogP contribution < -0.4 is 0 Å². The summed E-state index contributed by atoms with van der Waals surface area (Å²) < 4.78 is 16.9. The van der Waals surface area contributed by atoms with Gasteiger partial charge in [0.1, 0.15) is 13.2 Å². The molecule has 0 aliphatic rings. The number of hydrogen-bond donors (Lipinski definition) is 0. The van der Waals surface area contributed by atoms with Gasteiger partial charge < -0.3 is 14.2 Å². The lowest BCUT2D eigenvalue weighted by Crippen LogP contribution is -2.30. The van der Waals surface area contributed by atoms with Crippen LogP contribution in [-0.2, 0) is 28.6 Å². The van der Waals surface area contributed by atoms with Crippen molar-refractivity contribution in [2.24, 2.45) is 0 Å². The Hall–Kier alpha value is -4.19. The zero-order valence-electron chi connectivity index (χ0n) is 53.0. The summed E-state index contributed by atoms with van der Waals surface area (Å²) in [5, 5.41) is 0. The van der Waals surface area contributed by atoms with Crippen LogP contribution in [-0.4, -0.2) is 37.2 Å². The van der Waals surface area contributed by atoms with E-state index in [0.29, 0.717) is 19.3 Å². The summed E-state index contributed by atoms with van der Waals surface area (Å²) in [4.78, 5) is 38.3. The molecule has 0 aromatic carbocycles. The molecule has 0 bridgehead atoms. The Balaban J connectivity index is 4.28. The van der Waals surface area contributed by atoms with Gasteiger partial charge in [-0.2, -0.15) is 0 Å². The van der Waals surface area contributed by atoms with Gasteiger partial charge in [-0.1, -0.05) is 296 Å². The minimum Gasteiger partial charge on any atom is -0.462 e. The van der Waals surface area contributed by atoms with Gasteiger partial charge in [0.15, 0.2) is 6.10 Å². The van der Waals surface area contributed by atoms with Gasteiger partial charge in [-0.25, -0.2) is 0 Å². The van der Waals surface area contributed by atoms with E-state index in [0.717, 1.165) is 116 Å². The Bertz CT molecular complexity index is 1670. The summed E-state index contributed by atoms with van der Waals surface area (Å²) in [7, 11) is 0. The second-order valence-corrected chi connectivity index (χ2v) is 22.3. The number of hydrogen-bond acceptors (Lipinski definition) is 6. The first kappa shape index (κ1) is 76.8. The maximum absolute atomic E-state index is 12.9. The number of carbonyl (C=O) groups excluding carboxylic acids is 3. The van der Waals surface area contributed by atoms with Gasteiger partial charge in [-0.15, -0.1) is 0 Å². The van der Waals surface area contributed by atoms with Crippen molar-refractivity contribution in [1.29, 1.82) is 0 Å². The van der Waals surface area contributed by atoms with Crippen molar-refractivity contribution < 1.29 is 28.6 Å². The van der Waals surface area contributed by atoms with Crippen LogP contribution in [0.25, 0.3) is 0 Å². The van der Waals surface area contributed by atoms with Gasteiger partial charge in [0.2, 0.25) is 0 Å². The molecule has 81 heavy (non-hydrogen) atoms. The SMILES string of the molecule is CC/C=C\C/C=C\C/C=C\C/C=C\C/C=C\CCCC(=O)OC(COC(=O)CCCCCCC/C=C\CCCCCCCC)COC(=O)CCCCCCCCCCCCCCCCCCCC/C=C\C/C=C\C/C=C\C/C=C\CC. The summed E-state index contributed by atoms with van der Waals surface area (Å²) in [6.45, 7) is 6.38. The molecule has 6 heteroatoms. The minimum absolute atomic E-state index is 0.103. The van der Waals surface area contributed by atoms with Gasteiger partial charge in [-0.3, -0.25) is 14.4 Å². The molecule has 0 amide bonds. The van der Waals surface area contributed by atoms with Crippen molar-refractivity contribution >= 4 is 17.9 Å². The highest BCUT2D eigenvalue weighted by Gasteiger charge is 2.19. The van der Waals surface area contributed by atoms with Crippen molar-refractivity contribution in [1.82, 2.24) is 0 Å². The fourth-order valence-electron chi connectivity index (χ4n) is 9.41. The molecule has 0 saturated carbocycles. The van der Waals surface area contributed by atoms with Crippen molar-refractivity contribution in [3.05, 3.63) is 122 Å². The van der Waals surface area contributed by atoms with Crippen LogP contribution in [0.3, 0.4) is 0 Å². The first-order chi connectivity index (χ1) is 40.0. The summed E-state index contributed by atoms with van der Waals surface area (Å²) in [5.41, 5.74) is 0. The molecule has 0 aromatic rings. The Morgan fingerprint density at radius 1 is 0.259 bits per heavy atom. The largest absolute Gasteiger partial charge is 0.462 e. The van der Waals surface area contributed by atoms with Gasteiger partial charge in [0, 0.05) is 19.3 Å². The predicted molar refractivity (Wildman–Crippen MR) is 353 cm³/mol. The molecular weight excluding hydrogens is 997 g/mol. The zero-order chi connectivity index (χ0) is 58.5. The molecule has 0 spiro atoms. The lowest BCUT2D eigenvalue weighted by molar-refractivity contribution is -0.167. The molecule has 0 fully saturated rings. The van der Waals surface area contributed by atoms with E-state index in [-0.39, 0.29) is 37.5 Å². The van der Waals surface area contributed by atoms with Gasteiger partial charge in [0.05, 0.1) is 0 Å². The lowest BCUT2D eigenvalue weighted by atomic mass is 10.0. The highest BCUT2D eigenvalue weighted by atomic mass is 16.6. The molecule has 0 saturated heterocycles. The smallest absolute Gasteiger partial charge is 0.306 e. The van der Waals surface area contributed by atoms with Crippen molar-refractivity contribution in [3.63, 3.8) is 0 Å². The molecule has 0 heterocycles. The van der Waals surface area contributed by atoms with Crippen LogP contribution >= 0.6 is 0 Å². The van der Waals surface area contributed by atoms with Gasteiger partial charge >= 0.3 is 17.9 Å². The van der Waals surface area contributed by atoms with Crippen LogP contribution in [0.1, 0.15) is 316 Å². The minimum atomic E-state index is -0.813. The Labute approximate surface area is 501 Å². The summed E-state index contributed by atoms with van der Waals surface area (Å²) in [5.74, 6) is -0.961. The van der Waals surface area contributed by atoms with Crippen LogP contribution in [0.5, 0.6) is 0 Å². The second kappa shape index (κ2) is 68.3. The Morgan fingerprint density at radius 2 is 0.494 bits per heavy atom. The number of ether oxygens (including phenoxy) is 3. The van der Waals surface area contributed by atoms with Crippen LogP contribution in [0.4, 0.5) is 0 Å². The van der Waals surface area contributed by atoms with E-state index in [4.69, 9.17) is 14.2 Å². The van der Waals surface area contributed by atoms with E-state index in [2.05, 4.69) is 142 Å². The first-order valence-electron chi connectivity index (χ1n) is 34.0. The Morgan fingerprint density at radius 3 is 0.802 bits per heavy atom. The standard InChI is InChI=1S/C75H126O6/c1-4-7-10-13-16-19-22-25-28-30-31-32-33-34-35-36-37-38-39-40-41-42-43-45-47-50-53-56-59-62-65-68-74(77)80-71-72(70-79-73(76)67-64-61-58-55-52-49-46-27-24-21-18-15-12-9-6-3)81-75(78)69-66-63-60-57-54-51-48-44-29-26-23-20-17-14-11-8-5-2/h7-8,10-11,16-17,19-20,25-29,31-32,46,48,51,57,60,72H,4-6,9,12-15,18,21-24,30,33-45,47,49-50,52-56,58-59,61-71H2,1-3H3/b10-7-,11-8-,19-16-,20-17-,28-25-,29-26-,32-31-,46-27-,51-48-,60-57-. The molecule has 462 valence electrons. The first-order valence-corrected chi connectivity index (χ1v) is 34.0. The Kier molecular flexibility index (Phi) is 64.8. The third kappa shape index (κ3) is 66.5. The van der Waals surface area contributed by atoms with Gasteiger partial charge in [-0.05, 0) is 122 Å². The van der Waals surface area contributed by atoms with E-state index in [9.17, 15) is 14.4 Å².